The molecule has 0 atom stereocenters. The summed E-state index contributed by atoms with van der Waals surface area (Å²) in [6.07, 6.45) is 3.27. The number of imidazole rings is 1. The van der Waals surface area contributed by atoms with Crippen LogP contribution in [-0.4, -0.2) is 39.1 Å². The molecule has 0 fully saturated rings. The van der Waals surface area contributed by atoms with Crippen molar-refractivity contribution in [1.82, 2.24) is 14.5 Å². The van der Waals surface area contributed by atoms with Crippen LogP contribution in [0.4, 0.5) is 0 Å². The number of hydrogen-bond donors (Lipinski definition) is 2. The van der Waals surface area contributed by atoms with Crippen LogP contribution in [0.15, 0.2) is 36.8 Å². The van der Waals surface area contributed by atoms with E-state index in [1.54, 1.807) is 42.3 Å². The topological polar surface area (TPSA) is 84.4 Å². The second kappa shape index (κ2) is 6.21. The van der Waals surface area contributed by atoms with Crippen molar-refractivity contribution < 1.29 is 9.90 Å². The van der Waals surface area contributed by atoms with Gasteiger partial charge in [0.05, 0.1) is 6.33 Å². The molecule has 2 rings (SSSR count). The summed E-state index contributed by atoms with van der Waals surface area (Å²) in [5.74, 6) is -0.00941. The van der Waals surface area contributed by atoms with Gasteiger partial charge in [-0.25, -0.2) is 4.98 Å². The molecule has 0 aliphatic rings. The van der Waals surface area contributed by atoms with Gasteiger partial charge in [0.15, 0.2) is 0 Å². The minimum Gasteiger partial charge on any atom is -0.508 e. The van der Waals surface area contributed by atoms with Crippen LogP contribution in [-0.2, 0) is 13.1 Å². The molecule has 2 aromatic rings. The smallest absolute Gasteiger partial charge is 0.274 e. The summed E-state index contributed by atoms with van der Waals surface area (Å²) in [6, 6.07) is 6.95. The van der Waals surface area contributed by atoms with Crippen LogP contribution in [0.3, 0.4) is 0 Å². The van der Waals surface area contributed by atoms with Gasteiger partial charge in [0, 0.05) is 38.4 Å². The molecule has 0 unspecified atom stereocenters. The highest BCUT2D eigenvalue weighted by Crippen LogP contribution is 2.17. The maximum atomic E-state index is 12.2. The van der Waals surface area contributed by atoms with Crippen LogP contribution < -0.4 is 5.73 Å². The van der Waals surface area contributed by atoms with Crippen molar-refractivity contribution >= 4 is 5.91 Å². The first-order valence-corrected chi connectivity index (χ1v) is 6.36. The monoisotopic (exact) mass is 274 g/mol. The lowest BCUT2D eigenvalue weighted by atomic mass is 10.2. The van der Waals surface area contributed by atoms with Crippen molar-refractivity contribution in [3.8, 4) is 5.75 Å². The second-order valence-corrected chi connectivity index (χ2v) is 4.58. The number of aromatic hydroxyl groups is 1. The van der Waals surface area contributed by atoms with Crippen molar-refractivity contribution in [3.63, 3.8) is 0 Å². The molecule has 0 aliphatic heterocycles. The number of para-hydroxylation sites is 1. The van der Waals surface area contributed by atoms with E-state index >= 15 is 0 Å². The van der Waals surface area contributed by atoms with Crippen LogP contribution >= 0.6 is 0 Å². The van der Waals surface area contributed by atoms with Crippen LogP contribution in [0.1, 0.15) is 16.1 Å². The Kier molecular flexibility index (Phi) is 4.37. The Labute approximate surface area is 117 Å². The molecule has 0 saturated heterocycles. The molecule has 1 aromatic carbocycles. The van der Waals surface area contributed by atoms with E-state index in [4.69, 9.17) is 5.73 Å². The number of amides is 1. The van der Waals surface area contributed by atoms with Crippen LogP contribution in [0.2, 0.25) is 0 Å². The fourth-order valence-corrected chi connectivity index (χ4v) is 1.91. The van der Waals surface area contributed by atoms with Gasteiger partial charge in [0.25, 0.3) is 5.91 Å². The summed E-state index contributed by atoms with van der Waals surface area (Å²) in [6.45, 7) is 1.45. The Balaban J connectivity index is 2.06. The van der Waals surface area contributed by atoms with Gasteiger partial charge in [0.2, 0.25) is 0 Å². The number of nitrogens with zero attached hydrogens (tertiary/aromatic N) is 3. The molecule has 3 N–H and O–H groups in total. The molecule has 0 bridgehead atoms. The van der Waals surface area contributed by atoms with Crippen LogP contribution in [0, 0.1) is 0 Å². The molecule has 6 heteroatoms. The Morgan fingerprint density at radius 2 is 2.20 bits per heavy atom. The molecule has 1 heterocycles. The van der Waals surface area contributed by atoms with Gasteiger partial charge in [-0.3, -0.25) is 4.79 Å². The van der Waals surface area contributed by atoms with Crippen molar-refractivity contribution in [3.05, 3.63) is 48.0 Å². The van der Waals surface area contributed by atoms with Gasteiger partial charge in [-0.05, 0) is 6.07 Å². The van der Waals surface area contributed by atoms with Gasteiger partial charge in [-0.1, -0.05) is 18.2 Å². The average molecular weight is 274 g/mol. The Morgan fingerprint density at radius 1 is 1.45 bits per heavy atom. The molecule has 0 saturated carbocycles. The molecule has 20 heavy (non-hydrogen) atoms. The third-order valence-corrected chi connectivity index (χ3v) is 2.99. The summed E-state index contributed by atoms with van der Waals surface area (Å²) < 4.78 is 1.78. The number of aromatic nitrogens is 2. The van der Waals surface area contributed by atoms with E-state index < -0.39 is 0 Å². The van der Waals surface area contributed by atoms with E-state index in [9.17, 15) is 9.90 Å². The molecular weight excluding hydrogens is 256 g/mol. The Bertz CT molecular complexity index is 594. The highest BCUT2D eigenvalue weighted by molar-refractivity contribution is 5.91. The van der Waals surface area contributed by atoms with E-state index in [1.807, 2.05) is 6.07 Å². The van der Waals surface area contributed by atoms with E-state index in [0.717, 1.165) is 0 Å². The lowest BCUT2D eigenvalue weighted by Gasteiger charge is -2.16. The first-order chi connectivity index (χ1) is 9.61. The summed E-state index contributed by atoms with van der Waals surface area (Å²) in [7, 11) is 1.68. The number of carbonyl (C=O) groups is 1. The maximum Gasteiger partial charge on any atom is 0.274 e. The molecule has 0 aliphatic carbocycles. The molecule has 0 radical (unpaired) electrons. The average Bonchev–Trinajstić information content (AvgIpc) is 2.89. The minimum atomic E-state index is -0.191. The predicted octanol–water partition coefficient (Wildman–Crippen LogP) is 0.820. The summed E-state index contributed by atoms with van der Waals surface area (Å²) >= 11 is 0. The zero-order valence-electron chi connectivity index (χ0n) is 11.4. The normalized spacial score (nSPS) is 10.5. The van der Waals surface area contributed by atoms with E-state index in [-0.39, 0.29) is 11.7 Å². The molecular formula is C14H18N4O2. The first kappa shape index (κ1) is 14.1. The maximum absolute atomic E-state index is 12.2. The zero-order valence-corrected chi connectivity index (χ0v) is 11.4. The largest absolute Gasteiger partial charge is 0.508 e. The van der Waals surface area contributed by atoms with Gasteiger partial charge < -0.3 is 20.3 Å². The van der Waals surface area contributed by atoms with E-state index in [2.05, 4.69) is 4.98 Å². The Morgan fingerprint density at radius 3 is 2.90 bits per heavy atom. The van der Waals surface area contributed by atoms with Gasteiger partial charge in [-0.2, -0.15) is 0 Å². The molecule has 6 nitrogen and oxygen atoms in total. The predicted molar refractivity (Wildman–Crippen MR) is 75.2 cm³/mol. The highest BCUT2D eigenvalue weighted by atomic mass is 16.3. The standard InChI is InChI=1S/C14H18N4O2/c1-17(8-11-4-2-3-5-13(11)19)14(20)12-9-18(7-6-15)10-16-12/h2-5,9-10,19H,6-8,15H2,1H3. The number of phenolic OH excluding ortho intramolecular Hbond substituents is 1. The van der Waals surface area contributed by atoms with Crippen molar-refractivity contribution in [1.29, 1.82) is 0 Å². The second-order valence-electron chi connectivity index (χ2n) is 4.58. The number of nitrogens with two attached hydrogens (primary N) is 1. The van der Waals surface area contributed by atoms with Gasteiger partial charge >= 0.3 is 0 Å². The molecule has 106 valence electrons. The number of benzene rings is 1. The molecule has 1 aromatic heterocycles. The number of rotatable bonds is 5. The fourth-order valence-electron chi connectivity index (χ4n) is 1.91. The third kappa shape index (κ3) is 3.16. The minimum absolute atomic E-state index is 0.181. The highest BCUT2D eigenvalue weighted by Gasteiger charge is 2.15. The quantitative estimate of drug-likeness (QED) is 0.845. The molecule has 0 spiro atoms. The van der Waals surface area contributed by atoms with Gasteiger partial charge in [0.1, 0.15) is 11.4 Å². The van der Waals surface area contributed by atoms with Gasteiger partial charge in [-0.15, -0.1) is 0 Å². The fraction of sp³-hybridized carbons (Fsp3) is 0.286. The summed E-state index contributed by atoms with van der Waals surface area (Å²) in [5.41, 5.74) is 6.52. The third-order valence-electron chi connectivity index (χ3n) is 2.99. The number of hydrogen-bond acceptors (Lipinski definition) is 4. The summed E-state index contributed by atoms with van der Waals surface area (Å²) in [4.78, 5) is 17.8. The first-order valence-electron chi connectivity index (χ1n) is 6.36. The zero-order chi connectivity index (χ0) is 14.5. The molecule has 1 amide bonds. The van der Waals surface area contributed by atoms with Crippen LogP contribution in [0.5, 0.6) is 5.75 Å². The number of carbonyl (C=O) groups excluding carboxylic acids is 1. The van der Waals surface area contributed by atoms with Crippen molar-refractivity contribution in [2.75, 3.05) is 13.6 Å². The SMILES string of the molecule is CN(Cc1ccccc1O)C(=O)c1cn(CCN)cn1. The van der Waals surface area contributed by atoms with E-state index in [1.165, 1.54) is 4.90 Å². The lowest BCUT2D eigenvalue weighted by molar-refractivity contribution is 0.0779. The Hall–Kier alpha value is -2.34. The number of phenols is 1. The lowest BCUT2D eigenvalue weighted by Crippen LogP contribution is -2.26. The van der Waals surface area contributed by atoms with Crippen molar-refractivity contribution in [2.24, 2.45) is 5.73 Å². The summed E-state index contributed by atoms with van der Waals surface area (Å²) in [5, 5.41) is 9.71. The van der Waals surface area contributed by atoms with Crippen LogP contribution in [0.25, 0.3) is 0 Å². The van der Waals surface area contributed by atoms with E-state index in [0.29, 0.717) is 30.9 Å². The van der Waals surface area contributed by atoms with Crippen molar-refractivity contribution in [2.45, 2.75) is 13.1 Å².